The van der Waals surface area contributed by atoms with Gasteiger partial charge in [-0.3, -0.25) is 0 Å². The van der Waals surface area contributed by atoms with E-state index in [0.717, 1.165) is 44.1 Å². The van der Waals surface area contributed by atoms with Gasteiger partial charge in [0.25, 0.3) is 0 Å². The quantitative estimate of drug-likeness (QED) is 0.666. The summed E-state index contributed by atoms with van der Waals surface area (Å²) in [5, 5.41) is 9.55. The Morgan fingerprint density at radius 2 is 1.84 bits per heavy atom. The Balaban J connectivity index is 2.01. The van der Waals surface area contributed by atoms with Gasteiger partial charge < -0.3 is 5.11 Å². The number of aliphatic hydroxyl groups excluding tert-OH is 1. The Kier molecular flexibility index (Phi) is 3.04. The van der Waals surface area contributed by atoms with Crippen molar-refractivity contribution in [2.75, 3.05) is 6.61 Å². The average molecular weight is 257 g/mol. The SMILES string of the molecule is O=C=NC1(c2cccc(C3(CO)CC3)c2)CCCC1. The molecule has 3 rings (SSSR count). The number of aliphatic hydroxyl groups is 1. The molecule has 19 heavy (non-hydrogen) atoms. The minimum absolute atomic E-state index is 0.0271. The van der Waals surface area contributed by atoms with E-state index in [4.69, 9.17) is 0 Å². The maximum absolute atomic E-state index is 10.8. The molecule has 0 amide bonds. The molecule has 2 aliphatic carbocycles. The highest BCUT2D eigenvalue weighted by molar-refractivity contribution is 5.42. The molecule has 0 aliphatic heterocycles. The number of aliphatic imine (C=N–C) groups is 1. The second-order valence-electron chi connectivity index (χ2n) is 5.96. The molecule has 100 valence electrons. The van der Waals surface area contributed by atoms with Gasteiger partial charge in [0.15, 0.2) is 0 Å². The van der Waals surface area contributed by atoms with Gasteiger partial charge in [0, 0.05) is 5.41 Å². The summed E-state index contributed by atoms with van der Waals surface area (Å²) >= 11 is 0. The Labute approximate surface area is 113 Å². The van der Waals surface area contributed by atoms with Crippen LogP contribution in [0.4, 0.5) is 0 Å². The van der Waals surface area contributed by atoms with Crippen molar-refractivity contribution < 1.29 is 9.90 Å². The normalized spacial score (nSPS) is 22.8. The van der Waals surface area contributed by atoms with Gasteiger partial charge in [-0.15, -0.1) is 0 Å². The molecule has 0 bridgehead atoms. The zero-order chi connectivity index (χ0) is 13.3. The van der Waals surface area contributed by atoms with Crippen LogP contribution in [0.25, 0.3) is 0 Å². The van der Waals surface area contributed by atoms with Crippen LogP contribution in [0.1, 0.15) is 49.7 Å². The molecule has 1 N–H and O–H groups in total. The van der Waals surface area contributed by atoms with Crippen molar-refractivity contribution in [2.24, 2.45) is 4.99 Å². The molecule has 0 unspecified atom stereocenters. The number of isocyanates is 1. The molecule has 0 heterocycles. The lowest BCUT2D eigenvalue weighted by molar-refractivity contribution is 0.255. The van der Waals surface area contributed by atoms with E-state index in [1.165, 1.54) is 5.56 Å². The first-order valence-corrected chi connectivity index (χ1v) is 7.06. The van der Waals surface area contributed by atoms with Gasteiger partial charge >= 0.3 is 0 Å². The molecule has 1 aromatic rings. The number of hydrogen-bond donors (Lipinski definition) is 1. The first kappa shape index (κ1) is 12.6. The van der Waals surface area contributed by atoms with Gasteiger partial charge in [-0.2, -0.15) is 4.99 Å². The van der Waals surface area contributed by atoms with Crippen LogP contribution in [-0.4, -0.2) is 17.8 Å². The van der Waals surface area contributed by atoms with Crippen LogP contribution >= 0.6 is 0 Å². The molecule has 3 nitrogen and oxygen atoms in total. The Bertz CT molecular complexity index is 521. The second kappa shape index (κ2) is 4.59. The Morgan fingerprint density at radius 3 is 2.42 bits per heavy atom. The highest BCUT2D eigenvalue weighted by atomic mass is 16.3. The fraction of sp³-hybridized carbons (Fsp3) is 0.562. The predicted molar refractivity (Wildman–Crippen MR) is 72.7 cm³/mol. The standard InChI is InChI=1S/C16H19NO2/c18-11-15(8-9-15)13-4-3-5-14(10-13)16(17-12-19)6-1-2-7-16/h3-5,10,18H,1-2,6-9,11H2. The number of rotatable bonds is 4. The lowest BCUT2D eigenvalue weighted by Gasteiger charge is -2.24. The summed E-state index contributed by atoms with van der Waals surface area (Å²) in [6.07, 6.45) is 7.95. The summed E-state index contributed by atoms with van der Waals surface area (Å²) in [7, 11) is 0. The average Bonchev–Trinajstić information content (AvgIpc) is 3.12. The molecule has 2 fully saturated rings. The third kappa shape index (κ3) is 2.03. The molecular weight excluding hydrogens is 238 g/mol. The summed E-state index contributed by atoms with van der Waals surface area (Å²) in [6, 6.07) is 8.32. The monoisotopic (exact) mass is 257 g/mol. The molecule has 0 aromatic heterocycles. The molecule has 1 aromatic carbocycles. The summed E-state index contributed by atoms with van der Waals surface area (Å²) in [5.74, 6) is 0. The van der Waals surface area contributed by atoms with Crippen molar-refractivity contribution in [3.63, 3.8) is 0 Å². The van der Waals surface area contributed by atoms with Crippen LogP contribution < -0.4 is 0 Å². The third-order valence-corrected chi connectivity index (χ3v) is 4.86. The van der Waals surface area contributed by atoms with Crippen molar-refractivity contribution in [1.29, 1.82) is 0 Å². The van der Waals surface area contributed by atoms with Crippen molar-refractivity contribution >= 4 is 6.08 Å². The maximum Gasteiger partial charge on any atom is 0.235 e. The zero-order valence-electron chi connectivity index (χ0n) is 11.1. The van der Waals surface area contributed by atoms with Crippen LogP contribution in [0.3, 0.4) is 0 Å². The van der Waals surface area contributed by atoms with Crippen molar-refractivity contribution in [1.82, 2.24) is 0 Å². The molecule has 0 saturated heterocycles. The highest BCUT2D eigenvalue weighted by Gasteiger charge is 2.44. The van der Waals surface area contributed by atoms with E-state index in [1.54, 1.807) is 6.08 Å². The number of benzene rings is 1. The first-order chi connectivity index (χ1) is 9.25. The van der Waals surface area contributed by atoms with Gasteiger partial charge in [0.1, 0.15) is 0 Å². The minimum atomic E-state index is -0.358. The number of hydrogen-bond acceptors (Lipinski definition) is 3. The van der Waals surface area contributed by atoms with E-state index in [9.17, 15) is 9.90 Å². The van der Waals surface area contributed by atoms with E-state index in [0.29, 0.717) is 0 Å². The van der Waals surface area contributed by atoms with Gasteiger partial charge in [0.2, 0.25) is 6.08 Å². The summed E-state index contributed by atoms with van der Waals surface area (Å²) in [4.78, 5) is 14.9. The fourth-order valence-electron chi connectivity index (χ4n) is 3.34. The third-order valence-electron chi connectivity index (χ3n) is 4.86. The van der Waals surface area contributed by atoms with E-state index >= 15 is 0 Å². The summed E-state index contributed by atoms with van der Waals surface area (Å²) in [5.41, 5.74) is 1.93. The smallest absolute Gasteiger partial charge is 0.235 e. The first-order valence-electron chi connectivity index (χ1n) is 7.06. The predicted octanol–water partition coefficient (Wildman–Crippen LogP) is 2.82. The fourth-order valence-corrected chi connectivity index (χ4v) is 3.34. The molecule has 3 heteroatoms. The van der Waals surface area contributed by atoms with Crippen LogP contribution in [0.2, 0.25) is 0 Å². The van der Waals surface area contributed by atoms with Crippen LogP contribution in [0, 0.1) is 0 Å². The Hall–Kier alpha value is -1.44. The lowest BCUT2D eigenvalue weighted by Crippen LogP contribution is -2.20. The summed E-state index contributed by atoms with van der Waals surface area (Å²) in [6.45, 7) is 0.209. The van der Waals surface area contributed by atoms with E-state index in [2.05, 4.69) is 23.2 Å². The molecule has 0 radical (unpaired) electrons. The van der Waals surface area contributed by atoms with Crippen molar-refractivity contribution in [3.8, 4) is 0 Å². The number of carbonyl (C=O) groups excluding carboxylic acids is 1. The van der Waals surface area contributed by atoms with Crippen LogP contribution in [0.15, 0.2) is 29.3 Å². The number of nitrogens with zero attached hydrogens (tertiary/aromatic N) is 1. The Morgan fingerprint density at radius 1 is 1.16 bits per heavy atom. The zero-order valence-corrected chi connectivity index (χ0v) is 11.1. The van der Waals surface area contributed by atoms with E-state index in [1.807, 2.05) is 6.07 Å². The maximum atomic E-state index is 10.8. The van der Waals surface area contributed by atoms with Crippen molar-refractivity contribution in [3.05, 3.63) is 35.4 Å². The van der Waals surface area contributed by atoms with Gasteiger partial charge in [-0.05, 0) is 36.8 Å². The molecular formula is C16H19NO2. The van der Waals surface area contributed by atoms with Crippen LogP contribution in [-0.2, 0) is 15.7 Å². The van der Waals surface area contributed by atoms with Gasteiger partial charge in [-0.25, -0.2) is 4.79 Å². The van der Waals surface area contributed by atoms with E-state index < -0.39 is 0 Å². The van der Waals surface area contributed by atoms with Gasteiger partial charge in [0.05, 0.1) is 12.1 Å². The second-order valence-corrected chi connectivity index (χ2v) is 5.96. The summed E-state index contributed by atoms with van der Waals surface area (Å²) < 4.78 is 0. The molecule has 0 atom stereocenters. The highest BCUT2D eigenvalue weighted by Crippen LogP contribution is 2.49. The van der Waals surface area contributed by atoms with Crippen molar-refractivity contribution in [2.45, 2.75) is 49.5 Å². The lowest BCUT2D eigenvalue weighted by atomic mass is 9.85. The molecule has 0 spiro atoms. The van der Waals surface area contributed by atoms with E-state index in [-0.39, 0.29) is 17.6 Å². The van der Waals surface area contributed by atoms with Gasteiger partial charge in [-0.1, -0.05) is 37.1 Å². The molecule has 2 aliphatic rings. The van der Waals surface area contributed by atoms with Crippen LogP contribution in [0.5, 0.6) is 0 Å². The minimum Gasteiger partial charge on any atom is -0.395 e. The molecule has 2 saturated carbocycles. The largest absolute Gasteiger partial charge is 0.395 e. The topological polar surface area (TPSA) is 49.7 Å².